The van der Waals surface area contributed by atoms with Gasteiger partial charge in [0.05, 0.1) is 18.8 Å². The SMILES string of the molecule is CC(c1cc2ccccc2o1)N1CCOC(CN)C1. The van der Waals surface area contributed by atoms with Crippen molar-refractivity contribution in [3.63, 3.8) is 0 Å². The first-order valence-electron chi connectivity index (χ1n) is 6.82. The molecule has 2 N–H and O–H groups in total. The normalized spacial score (nSPS) is 22.7. The van der Waals surface area contributed by atoms with E-state index in [1.165, 1.54) is 0 Å². The standard InChI is InChI=1S/C15H20N2O2/c1-11(17-6-7-18-13(9-16)10-17)15-8-12-4-2-3-5-14(12)19-15/h2-5,8,11,13H,6-7,9-10,16H2,1H3. The third-order valence-corrected chi connectivity index (χ3v) is 3.84. The van der Waals surface area contributed by atoms with Crippen molar-refractivity contribution in [1.29, 1.82) is 0 Å². The Morgan fingerprint density at radius 3 is 3.05 bits per heavy atom. The summed E-state index contributed by atoms with van der Waals surface area (Å²) in [6.45, 7) is 5.29. The smallest absolute Gasteiger partial charge is 0.134 e. The second-order valence-corrected chi connectivity index (χ2v) is 5.09. The second kappa shape index (κ2) is 5.33. The molecule has 0 spiro atoms. The van der Waals surface area contributed by atoms with Gasteiger partial charge in [-0.05, 0) is 19.1 Å². The molecule has 2 aromatic rings. The van der Waals surface area contributed by atoms with Crippen molar-refractivity contribution in [2.24, 2.45) is 5.73 Å². The van der Waals surface area contributed by atoms with E-state index in [4.69, 9.17) is 14.9 Å². The molecular formula is C15H20N2O2. The molecule has 1 aliphatic heterocycles. The van der Waals surface area contributed by atoms with Crippen LogP contribution in [-0.4, -0.2) is 37.2 Å². The highest BCUT2D eigenvalue weighted by Gasteiger charge is 2.25. The lowest BCUT2D eigenvalue weighted by Gasteiger charge is -2.35. The molecule has 1 aliphatic rings. The van der Waals surface area contributed by atoms with Gasteiger partial charge in [0.25, 0.3) is 0 Å². The fraction of sp³-hybridized carbons (Fsp3) is 0.467. The molecule has 1 saturated heterocycles. The maximum Gasteiger partial charge on any atom is 0.134 e. The lowest BCUT2D eigenvalue weighted by atomic mass is 10.1. The number of para-hydroxylation sites is 1. The predicted octanol–water partition coefficient (Wildman–Crippen LogP) is 2.15. The molecule has 1 fully saturated rings. The van der Waals surface area contributed by atoms with E-state index in [9.17, 15) is 0 Å². The number of fused-ring (bicyclic) bond motifs is 1. The number of ether oxygens (including phenoxy) is 1. The molecule has 102 valence electrons. The topological polar surface area (TPSA) is 51.6 Å². The molecule has 0 saturated carbocycles. The van der Waals surface area contributed by atoms with Crippen molar-refractivity contribution < 1.29 is 9.15 Å². The van der Waals surface area contributed by atoms with Gasteiger partial charge in [0, 0.05) is 25.0 Å². The molecule has 0 bridgehead atoms. The summed E-state index contributed by atoms with van der Waals surface area (Å²) < 4.78 is 11.5. The molecule has 4 nitrogen and oxygen atoms in total. The molecular weight excluding hydrogens is 240 g/mol. The van der Waals surface area contributed by atoms with Crippen molar-refractivity contribution in [1.82, 2.24) is 4.90 Å². The first-order valence-corrected chi connectivity index (χ1v) is 6.82. The van der Waals surface area contributed by atoms with Gasteiger partial charge < -0.3 is 14.9 Å². The van der Waals surface area contributed by atoms with E-state index < -0.39 is 0 Å². The van der Waals surface area contributed by atoms with Crippen LogP contribution in [0.5, 0.6) is 0 Å². The second-order valence-electron chi connectivity index (χ2n) is 5.09. The maximum absolute atomic E-state index is 5.94. The minimum Gasteiger partial charge on any atom is -0.459 e. The minimum atomic E-state index is 0.139. The third kappa shape index (κ3) is 2.52. The van der Waals surface area contributed by atoms with Crippen LogP contribution in [0.15, 0.2) is 34.7 Å². The molecule has 0 aliphatic carbocycles. The molecule has 1 aromatic heterocycles. The number of hydrogen-bond acceptors (Lipinski definition) is 4. The van der Waals surface area contributed by atoms with E-state index in [0.29, 0.717) is 6.54 Å². The zero-order valence-corrected chi connectivity index (χ0v) is 11.2. The van der Waals surface area contributed by atoms with Gasteiger partial charge >= 0.3 is 0 Å². The molecule has 2 unspecified atom stereocenters. The van der Waals surface area contributed by atoms with Gasteiger partial charge in [-0.3, -0.25) is 4.90 Å². The van der Waals surface area contributed by atoms with Crippen LogP contribution < -0.4 is 5.73 Å². The molecule has 2 atom stereocenters. The number of benzene rings is 1. The Labute approximate surface area is 113 Å². The van der Waals surface area contributed by atoms with Crippen molar-refractivity contribution in [2.45, 2.75) is 19.1 Å². The quantitative estimate of drug-likeness (QED) is 0.918. The Bertz CT molecular complexity index is 519. The predicted molar refractivity (Wildman–Crippen MR) is 75.0 cm³/mol. The van der Waals surface area contributed by atoms with E-state index in [0.717, 1.165) is 36.4 Å². The molecule has 3 rings (SSSR count). The Morgan fingerprint density at radius 1 is 1.42 bits per heavy atom. The highest BCUT2D eigenvalue weighted by molar-refractivity contribution is 5.77. The van der Waals surface area contributed by atoms with Gasteiger partial charge in [-0.1, -0.05) is 18.2 Å². The number of furan rings is 1. The molecule has 0 radical (unpaired) electrons. The van der Waals surface area contributed by atoms with Crippen LogP contribution in [0, 0.1) is 0 Å². The molecule has 0 amide bonds. The van der Waals surface area contributed by atoms with Crippen molar-refractivity contribution in [3.05, 3.63) is 36.1 Å². The summed E-state index contributed by atoms with van der Waals surface area (Å²) in [6, 6.07) is 10.5. The number of nitrogens with two attached hydrogens (primary N) is 1. The van der Waals surface area contributed by atoms with Crippen LogP contribution in [0.1, 0.15) is 18.7 Å². The van der Waals surface area contributed by atoms with E-state index in [1.807, 2.05) is 18.2 Å². The van der Waals surface area contributed by atoms with Crippen molar-refractivity contribution in [2.75, 3.05) is 26.2 Å². The molecule has 2 heterocycles. The van der Waals surface area contributed by atoms with Gasteiger partial charge in [-0.25, -0.2) is 0 Å². The van der Waals surface area contributed by atoms with Crippen LogP contribution in [0.4, 0.5) is 0 Å². The fourth-order valence-corrected chi connectivity index (χ4v) is 2.62. The number of hydrogen-bond donors (Lipinski definition) is 1. The largest absolute Gasteiger partial charge is 0.459 e. The lowest BCUT2D eigenvalue weighted by Crippen LogP contribution is -2.46. The van der Waals surface area contributed by atoms with E-state index >= 15 is 0 Å². The average Bonchev–Trinajstić information content (AvgIpc) is 2.90. The Balaban J connectivity index is 1.80. The third-order valence-electron chi connectivity index (χ3n) is 3.84. The summed E-state index contributed by atoms with van der Waals surface area (Å²) in [5.41, 5.74) is 6.64. The zero-order valence-electron chi connectivity index (χ0n) is 11.2. The van der Waals surface area contributed by atoms with Crippen LogP contribution in [0.25, 0.3) is 11.0 Å². The average molecular weight is 260 g/mol. The van der Waals surface area contributed by atoms with Crippen LogP contribution in [0.2, 0.25) is 0 Å². The van der Waals surface area contributed by atoms with Crippen LogP contribution in [-0.2, 0) is 4.74 Å². The van der Waals surface area contributed by atoms with Crippen molar-refractivity contribution in [3.8, 4) is 0 Å². The Hall–Kier alpha value is -1.36. The highest BCUT2D eigenvalue weighted by atomic mass is 16.5. The monoisotopic (exact) mass is 260 g/mol. The van der Waals surface area contributed by atoms with Gasteiger partial charge in [0.2, 0.25) is 0 Å². The molecule has 19 heavy (non-hydrogen) atoms. The molecule has 4 heteroatoms. The first-order chi connectivity index (χ1) is 9.28. The fourth-order valence-electron chi connectivity index (χ4n) is 2.62. The first kappa shape index (κ1) is 12.7. The number of rotatable bonds is 3. The van der Waals surface area contributed by atoms with Crippen LogP contribution >= 0.6 is 0 Å². The van der Waals surface area contributed by atoms with Gasteiger partial charge in [0.1, 0.15) is 11.3 Å². The van der Waals surface area contributed by atoms with E-state index in [1.54, 1.807) is 0 Å². The number of morpholine rings is 1. The Kier molecular flexibility index (Phi) is 3.55. The van der Waals surface area contributed by atoms with E-state index in [-0.39, 0.29) is 12.1 Å². The molecule has 1 aromatic carbocycles. The van der Waals surface area contributed by atoms with Gasteiger partial charge in [0.15, 0.2) is 0 Å². The summed E-state index contributed by atoms with van der Waals surface area (Å²) in [4.78, 5) is 2.37. The minimum absolute atomic E-state index is 0.139. The number of nitrogens with zero attached hydrogens (tertiary/aromatic N) is 1. The summed E-state index contributed by atoms with van der Waals surface area (Å²) in [5, 5.41) is 1.16. The Morgan fingerprint density at radius 2 is 2.26 bits per heavy atom. The van der Waals surface area contributed by atoms with E-state index in [2.05, 4.69) is 24.0 Å². The van der Waals surface area contributed by atoms with Gasteiger partial charge in [-0.15, -0.1) is 0 Å². The summed E-state index contributed by atoms with van der Waals surface area (Å²) >= 11 is 0. The zero-order chi connectivity index (χ0) is 13.2. The highest BCUT2D eigenvalue weighted by Crippen LogP contribution is 2.28. The van der Waals surface area contributed by atoms with Crippen molar-refractivity contribution >= 4 is 11.0 Å². The van der Waals surface area contributed by atoms with Crippen LogP contribution in [0.3, 0.4) is 0 Å². The summed E-state index contributed by atoms with van der Waals surface area (Å²) in [7, 11) is 0. The summed E-state index contributed by atoms with van der Waals surface area (Å²) in [6.07, 6.45) is 0.139. The summed E-state index contributed by atoms with van der Waals surface area (Å²) in [5.74, 6) is 1.01. The van der Waals surface area contributed by atoms with Gasteiger partial charge in [-0.2, -0.15) is 0 Å². The lowest BCUT2D eigenvalue weighted by molar-refractivity contribution is -0.0389. The maximum atomic E-state index is 5.94.